The van der Waals surface area contributed by atoms with E-state index in [4.69, 9.17) is 0 Å². The van der Waals surface area contributed by atoms with Crippen LogP contribution in [0.2, 0.25) is 0 Å². The first-order valence-corrected chi connectivity index (χ1v) is 6.25. The van der Waals surface area contributed by atoms with Crippen molar-refractivity contribution in [3.05, 3.63) is 35.4 Å². The Morgan fingerprint density at radius 2 is 1.94 bits per heavy atom. The lowest BCUT2D eigenvalue weighted by Gasteiger charge is -2.24. The van der Waals surface area contributed by atoms with Crippen molar-refractivity contribution < 1.29 is 8.78 Å². The third-order valence-corrected chi connectivity index (χ3v) is 3.31. The number of hydrogen-bond donors (Lipinski definition) is 1. The van der Waals surface area contributed by atoms with Crippen molar-refractivity contribution in [2.75, 3.05) is 13.1 Å². The largest absolute Gasteiger partial charge is 0.316 e. The van der Waals surface area contributed by atoms with Crippen LogP contribution < -0.4 is 5.32 Å². The van der Waals surface area contributed by atoms with Gasteiger partial charge in [0, 0.05) is 18.5 Å². The summed E-state index contributed by atoms with van der Waals surface area (Å²) >= 11 is 0. The Morgan fingerprint density at radius 1 is 1.24 bits per heavy atom. The van der Waals surface area contributed by atoms with Gasteiger partial charge in [-0.25, -0.2) is 8.78 Å². The molecule has 0 heterocycles. The van der Waals surface area contributed by atoms with Crippen LogP contribution in [0.25, 0.3) is 0 Å². The Labute approximate surface area is 102 Å². The second-order valence-electron chi connectivity index (χ2n) is 4.47. The van der Waals surface area contributed by atoms with Gasteiger partial charge in [0.15, 0.2) is 0 Å². The average molecular weight is 241 g/mol. The molecular formula is C14H21F2N. The molecule has 96 valence electrons. The second kappa shape index (κ2) is 6.70. The van der Waals surface area contributed by atoms with E-state index in [2.05, 4.69) is 19.2 Å². The molecule has 3 heteroatoms. The van der Waals surface area contributed by atoms with Gasteiger partial charge in [0.1, 0.15) is 11.6 Å². The summed E-state index contributed by atoms with van der Waals surface area (Å²) in [6.07, 6.45) is 0.979. The molecule has 1 rings (SSSR count). The summed E-state index contributed by atoms with van der Waals surface area (Å²) in [5.41, 5.74) is 0.613. The summed E-state index contributed by atoms with van der Waals surface area (Å²) in [4.78, 5) is 0. The van der Waals surface area contributed by atoms with Crippen LogP contribution in [-0.4, -0.2) is 13.1 Å². The third-order valence-electron chi connectivity index (χ3n) is 3.31. The molecule has 0 aliphatic heterocycles. The molecule has 0 aliphatic carbocycles. The van der Waals surface area contributed by atoms with Crippen molar-refractivity contribution in [2.45, 2.75) is 33.1 Å². The van der Waals surface area contributed by atoms with Crippen molar-refractivity contribution in [1.29, 1.82) is 0 Å². The van der Waals surface area contributed by atoms with E-state index in [0.717, 1.165) is 25.6 Å². The van der Waals surface area contributed by atoms with Gasteiger partial charge in [0.25, 0.3) is 0 Å². The molecule has 0 amide bonds. The monoisotopic (exact) mass is 241 g/mol. The van der Waals surface area contributed by atoms with E-state index in [1.54, 1.807) is 6.07 Å². The highest BCUT2D eigenvalue weighted by molar-refractivity contribution is 5.23. The molecule has 0 aromatic heterocycles. The molecule has 0 saturated carbocycles. The van der Waals surface area contributed by atoms with Crippen LogP contribution in [0.1, 0.15) is 38.7 Å². The zero-order chi connectivity index (χ0) is 12.8. The number of rotatable bonds is 6. The molecule has 0 bridgehead atoms. The summed E-state index contributed by atoms with van der Waals surface area (Å²) in [5, 5.41) is 3.24. The Morgan fingerprint density at radius 3 is 2.47 bits per heavy atom. The van der Waals surface area contributed by atoms with Crippen molar-refractivity contribution in [3.63, 3.8) is 0 Å². The Kier molecular flexibility index (Phi) is 5.56. The summed E-state index contributed by atoms with van der Waals surface area (Å²) < 4.78 is 26.6. The molecule has 1 N–H and O–H groups in total. The number of benzene rings is 1. The van der Waals surface area contributed by atoms with Gasteiger partial charge >= 0.3 is 0 Å². The maximum absolute atomic E-state index is 13.8. The summed E-state index contributed by atoms with van der Waals surface area (Å²) in [6, 6.07) is 3.87. The van der Waals surface area contributed by atoms with Crippen molar-refractivity contribution in [2.24, 2.45) is 5.92 Å². The maximum Gasteiger partial charge on any atom is 0.129 e. The highest BCUT2D eigenvalue weighted by Crippen LogP contribution is 2.28. The van der Waals surface area contributed by atoms with E-state index < -0.39 is 11.6 Å². The fourth-order valence-corrected chi connectivity index (χ4v) is 2.00. The maximum atomic E-state index is 13.8. The first-order chi connectivity index (χ1) is 8.10. The summed E-state index contributed by atoms with van der Waals surface area (Å²) in [6.45, 7) is 7.80. The lowest BCUT2D eigenvalue weighted by molar-refractivity contribution is 0.409. The zero-order valence-electron chi connectivity index (χ0n) is 10.8. The molecule has 17 heavy (non-hydrogen) atoms. The normalized spacial score (nSPS) is 14.6. The van der Waals surface area contributed by atoms with Crippen LogP contribution in [0.3, 0.4) is 0 Å². The first kappa shape index (κ1) is 14.1. The highest BCUT2D eigenvalue weighted by Gasteiger charge is 2.21. The van der Waals surface area contributed by atoms with Gasteiger partial charge < -0.3 is 5.32 Å². The number of hydrogen-bond acceptors (Lipinski definition) is 1. The van der Waals surface area contributed by atoms with Gasteiger partial charge in [0.05, 0.1) is 0 Å². The average Bonchev–Trinajstić information content (AvgIpc) is 2.31. The molecule has 0 aliphatic rings. The van der Waals surface area contributed by atoms with Crippen molar-refractivity contribution in [1.82, 2.24) is 5.32 Å². The predicted octanol–water partition coefficient (Wildman–Crippen LogP) is 3.70. The van der Waals surface area contributed by atoms with Gasteiger partial charge in [-0.05, 0) is 24.1 Å². The Bertz CT molecular complexity index is 352. The minimum Gasteiger partial charge on any atom is -0.316 e. The lowest BCUT2D eigenvalue weighted by Crippen LogP contribution is -2.26. The molecule has 2 atom stereocenters. The molecule has 0 fully saturated rings. The van der Waals surface area contributed by atoms with Crippen LogP contribution in [0.4, 0.5) is 8.78 Å². The minimum atomic E-state index is -0.516. The Hall–Kier alpha value is -0.960. The summed E-state index contributed by atoms with van der Waals surface area (Å²) in [5.74, 6) is -0.486. The quantitative estimate of drug-likeness (QED) is 0.800. The van der Waals surface area contributed by atoms with E-state index in [-0.39, 0.29) is 5.92 Å². The second-order valence-corrected chi connectivity index (χ2v) is 4.47. The molecule has 0 spiro atoms. The molecule has 2 unspecified atom stereocenters. The van der Waals surface area contributed by atoms with Crippen LogP contribution in [0.5, 0.6) is 0 Å². The highest BCUT2D eigenvalue weighted by atomic mass is 19.1. The van der Waals surface area contributed by atoms with E-state index in [9.17, 15) is 8.78 Å². The summed E-state index contributed by atoms with van der Waals surface area (Å²) in [7, 11) is 0. The molecular weight excluding hydrogens is 220 g/mol. The topological polar surface area (TPSA) is 12.0 Å². The molecule has 1 nitrogen and oxygen atoms in total. The Balaban J connectivity index is 2.95. The minimum absolute atomic E-state index is 0.0977. The van der Waals surface area contributed by atoms with Crippen LogP contribution in [0.15, 0.2) is 18.2 Å². The van der Waals surface area contributed by atoms with Crippen LogP contribution >= 0.6 is 0 Å². The van der Waals surface area contributed by atoms with E-state index >= 15 is 0 Å². The van der Waals surface area contributed by atoms with Crippen molar-refractivity contribution >= 4 is 0 Å². The van der Waals surface area contributed by atoms with E-state index in [1.807, 2.05) is 6.92 Å². The van der Waals surface area contributed by atoms with Crippen molar-refractivity contribution in [3.8, 4) is 0 Å². The number of likely N-dealkylation sites (N-methyl/N-ethyl adjacent to an activating group) is 1. The van der Waals surface area contributed by atoms with Gasteiger partial charge in [-0.2, -0.15) is 0 Å². The third kappa shape index (κ3) is 3.77. The number of nitrogens with one attached hydrogen (secondary N) is 1. The standard InChI is InChI=1S/C14H21F2N/c1-4-10(3)13(9-17-5-2)12-7-6-11(15)8-14(12)16/h6-8,10,13,17H,4-5,9H2,1-3H3. The SMILES string of the molecule is CCNCC(c1ccc(F)cc1F)C(C)CC. The van der Waals surface area contributed by atoms with Crippen LogP contribution in [0, 0.1) is 17.6 Å². The predicted molar refractivity (Wildman–Crippen MR) is 67.1 cm³/mol. The number of halogens is 2. The van der Waals surface area contributed by atoms with Gasteiger partial charge in [-0.15, -0.1) is 0 Å². The molecule has 0 radical (unpaired) electrons. The molecule has 1 aromatic carbocycles. The lowest BCUT2D eigenvalue weighted by atomic mass is 9.85. The van der Waals surface area contributed by atoms with E-state index in [1.165, 1.54) is 6.07 Å². The first-order valence-electron chi connectivity index (χ1n) is 6.25. The van der Waals surface area contributed by atoms with Gasteiger partial charge in [-0.3, -0.25) is 0 Å². The zero-order valence-corrected chi connectivity index (χ0v) is 10.8. The van der Waals surface area contributed by atoms with Crippen LogP contribution in [-0.2, 0) is 0 Å². The fourth-order valence-electron chi connectivity index (χ4n) is 2.00. The smallest absolute Gasteiger partial charge is 0.129 e. The van der Waals surface area contributed by atoms with E-state index in [0.29, 0.717) is 11.5 Å². The molecule has 0 saturated heterocycles. The van der Waals surface area contributed by atoms with Gasteiger partial charge in [0.2, 0.25) is 0 Å². The fraction of sp³-hybridized carbons (Fsp3) is 0.571. The molecule has 1 aromatic rings. The van der Waals surface area contributed by atoms with Gasteiger partial charge in [-0.1, -0.05) is 33.3 Å².